The molecule has 0 atom stereocenters. The van der Waals surface area contributed by atoms with Crippen molar-refractivity contribution >= 4 is 16.1 Å². The van der Waals surface area contributed by atoms with Gasteiger partial charge in [-0.15, -0.1) is 0 Å². The zero-order chi connectivity index (χ0) is 14.2. The van der Waals surface area contributed by atoms with E-state index in [9.17, 15) is 17.6 Å². The normalized spacial score (nSPS) is 10.2. The molecule has 1 rings (SSSR count). The van der Waals surface area contributed by atoms with Crippen molar-refractivity contribution in [2.45, 2.75) is 0 Å². The molecule has 0 aliphatic rings. The molecule has 102 valence electrons. The zero-order valence-corrected chi connectivity index (χ0v) is 10.4. The van der Waals surface area contributed by atoms with E-state index in [0.717, 1.165) is 0 Å². The molecule has 0 aliphatic heterocycles. The lowest BCUT2D eigenvalue weighted by atomic mass is 10.2. The van der Waals surface area contributed by atoms with Crippen molar-refractivity contribution in [3.63, 3.8) is 0 Å². The van der Waals surface area contributed by atoms with Crippen LogP contribution in [0.1, 0.15) is 10.4 Å². The number of halogens is 1. The fourth-order valence-electron chi connectivity index (χ4n) is 0.808. The second-order valence-electron chi connectivity index (χ2n) is 3.10. The highest BCUT2D eigenvalue weighted by atomic mass is 32.2. The molecule has 0 aliphatic carbocycles. The van der Waals surface area contributed by atoms with Gasteiger partial charge >= 0.3 is 5.97 Å². The lowest BCUT2D eigenvalue weighted by Gasteiger charge is -2.01. The van der Waals surface area contributed by atoms with Crippen LogP contribution in [0.3, 0.4) is 0 Å². The summed E-state index contributed by atoms with van der Waals surface area (Å²) in [6.07, 6.45) is 0.715. The van der Waals surface area contributed by atoms with Crippen molar-refractivity contribution in [2.75, 3.05) is 19.5 Å². The number of aliphatic hydroxyl groups is 1. The van der Waals surface area contributed by atoms with Crippen molar-refractivity contribution in [1.82, 2.24) is 0 Å². The molecule has 0 spiro atoms. The van der Waals surface area contributed by atoms with Crippen LogP contribution in [-0.4, -0.2) is 43.5 Å². The van der Waals surface area contributed by atoms with Gasteiger partial charge in [-0.05, 0) is 24.3 Å². The second-order valence-corrected chi connectivity index (χ2v) is 4.57. The van der Waals surface area contributed by atoms with Gasteiger partial charge in [-0.25, -0.2) is 9.18 Å². The van der Waals surface area contributed by atoms with E-state index in [4.69, 9.17) is 9.66 Å². The van der Waals surface area contributed by atoms with Crippen LogP contribution in [0.4, 0.5) is 4.39 Å². The van der Waals surface area contributed by atoms with Gasteiger partial charge in [0.25, 0.3) is 10.1 Å². The van der Waals surface area contributed by atoms with E-state index in [-0.39, 0.29) is 18.8 Å². The second kappa shape index (κ2) is 7.75. The van der Waals surface area contributed by atoms with Crippen molar-refractivity contribution in [3.8, 4) is 0 Å². The minimum Gasteiger partial charge on any atom is -0.460 e. The summed E-state index contributed by atoms with van der Waals surface area (Å²) in [7, 11) is -3.67. The number of hydrogen-bond acceptors (Lipinski definition) is 5. The lowest BCUT2D eigenvalue weighted by molar-refractivity contribution is 0.0433. The van der Waals surface area contributed by atoms with Gasteiger partial charge in [0.05, 0.1) is 18.4 Å². The van der Waals surface area contributed by atoms with Crippen LogP contribution < -0.4 is 0 Å². The number of hydrogen-bond donors (Lipinski definition) is 2. The topological polar surface area (TPSA) is 101 Å². The Balaban J connectivity index is 0.000000494. The van der Waals surface area contributed by atoms with Crippen molar-refractivity contribution < 1.29 is 32.0 Å². The summed E-state index contributed by atoms with van der Waals surface area (Å²) in [6.45, 7) is -0.261. The first-order valence-electron chi connectivity index (χ1n) is 4.70. The van der Waals surface area contributed by atoms with E-state index in [0.29, 0.717) is 6.26 Å². The summed E-state index contributed by atoms with van der Waals surface area (Å²) in [6, 6.07) is 5.01. The molecule has 0 saturated heterocycles. The standard InChI is InChI=1S/C9H9FO3.CH4O3S/c10-8-3-1-7(2-4-8)9(12)13-6-5-11;1-5(2,3)4/h1-4,11H,5-6H2;1H3,(H,2,3,4). The average Bonchev–Trinajstić information content (AvgIpc) is 2.24. The summed E-state index contributed by atoms with van der Waals surface area (Å²) < 4.78 is 42.9. The molecular weight excluding hydrogens is 267 g/mol. The maximum atomic E-state index is 12.4. The quantitative estimate of drug-likeness (QED) is 0.617. The molecule has 2 N–H and O–H groups in total. The largest absolute Gasteiger partial charge is 0.460 e. The molecule has 8 heteroatoms. The van der Waals surface area contributed by atoms with E-state index in [1.165, 1.54) is 24.3 Å². The van der Waals surface area contributed by atoms with E-state index < -0.39 is 21.9 Å². The van der Waals surface area contributed by atoms with E-state index in [1.54, 1.807) is 0 Å². The van der Waals surface area contributed by atoms with Crippen LogP contribution in [0.15, 0.2) is 24.3 Å². The highest BCUT2D eigenvalue weighted by Crippen LogP contribution is 2.03. The number of rotatable bonds is 3. The van der Waals surface area contributed by atoms with E-state index >= 15 is 0 Å². The zero-order valence-electron chi connectivity index (χ0n) is 9.54. The van der Waals surface area contributed by atoms with Gasteiger partial charge < -0.3 is 9.84 Å². The molecule has 6 nitrogen and oxygen atoms in total. The fraction of sp³-hybridized carbons (Fsp3) is 0.300. The van der Waals surface area contributed by atoms with Crippen molar-refractivity contribution in [2.24, 2.45) is 0 Å². The third-order valence-electron chi connectivity index (χ3n) is 1.40. The Morgan fingerprint density at radius 3 is 2.17 bits per heavy atom. The Hall–Kier alpha value is -1.51. The summed E-state index contributed by atoms with van der Waals surface area (Å²) in [4.78, 5) is 11.1. The minimum absolute atomic E-state index is 0.0454. The average molecular weight is 280 g/mol. The smallest absolute Gasteiger partial charge is 0.338 e. The Bertz CT molecular complexity index is 460. The van der Waals surface area contributed by atoms with Gasteiger partial charge in [0.1, 0.15) is 12.4 Å². The molecule has 1 aromatic rings. The van der Waals surface area contributed by atoms with Gasteiger partial charge in [-0.2, -0.15) is 8.42 Å². The first kappa shape index (κ1) is 16.5. The molecule has 0 saturated carbocycles. The van der Waals surface area contributed by atoms with Crippen LogP contribution in [0.2, 0.25) is 0 Å². The SMILES string of the molecule is CS(=O)(=O)O.O=C(OCCO)c1ccc(F)cc1. The number of benzene rings is 1. The molecule has 0 radical (unpaired) electrons. The third-order valence-corrected chi connectivity index (χ3v) is 1.40. The molecular formula is C10H13FO6S. The molecule has 0 fully saturated rings. The van der Waals surface area contributed by atoms with Crippen LogP contribution in [0, 0.1) is 5.82 Å². The van der Waals surface area contributed by atoms with Gasteiger partial charge in [0, 0.05) is 0 Å². The van der Waals surface area contributed by atoms with Crippen LogP contribution in [-0.2, 0) is 14.9 Å². The molecule has 0 amide bonds. The summed E-state index contributed by atoms with van der Waals surface area (Å²) in [5.41, 5.74) is 0.273. The molecule has 0 unspecified atom stereocenters. The number of esters is 1. The first-order valence-corrected chi connectivity index (χ1v) is 6.55. The van der Waals surface area contributed by atoms with Crippen molar-refractivity contribution in [3.05, 3.63) is 35.6 Å². The molecule has 1 aromatic carbocycles. The number of carbonyl (C=O) groups excluding carboxylic acids is 1. The maximum absolute atomic E-state index is 12.4. The Morgan fingerprint density at radius 1 is 1.33 bits per heavy atom. The Morgan fingerprint density at radius 2 is 1.78 bits per heavy atom. The van der Waals surface area contributed by atoms with Gasteiger partial charge in [0.15, 0.2) is 0 Å². The molecule has 0 heterocycles. The fourth-order valence-corrected chi connectivity index (χ4v) is 0.808. The third kappa shape index (κ3) is 9.70. The van der Waals surface area contributed by atoms with Crippen molar-refractivity contribution in [1.29, 1.82) is 0 Å². The van der Waals surface area contributed by atoms with Crippen LogP contribution in [0.5, 0.6) is 0 Å². The Kier molecular flexibility index (Phi) is 7.10. The van der Waals surface area contributed by atoms with Crippen LogP contribution in [0.25, 0.3) is 0 Å². The summed E-state index contributed by atoms with van der Waals surface area (Å²) in [5.74, 6) is -0.965. The number of aliphatic hydroxyl groups excluding tert-OH is 1. The van der Waals surface area contributed by atoms with E-state index in [1.807, 2.05) is 0 Å². The predicted molar refractivity (Wildman–Crippen MR) is 61.2 cm³/mol. The highest BCUT2D eigenvalue weighted by molar-refractivity contribution is 7.85. The summed E-state index contributed by atoms with van der Waals surface area (Å²) >= 11 is 0. The lowest BCUT2D eigenvalue weighted by Crippen LogP contribution is -2.08. The molecule has 0 bridgehead atoms. The summed E-state index contributed by atoms with van der Waals surface area (Å²) in [5, 5.41) is 8.37. The number of carbonyl (C=O) groups is 1. The maximum Gasteiger partial charge on any atom is 0.338 e. The van der Waals surface area contributed by atoms with Gasteiger partial charge in [-0.1, -0.05) is 0 Å². The highest BCUT2D eigenvalue weighted by Gasteiger charge is 2.05. The van der Waals surface area contributed by atoms with Gasteiger partial charge in [-0.3, -0.25) is 4.55 Å². The monoisotopic (exact) mass is 280 g/mol. The first-order chi connectivity index (χ1) is 8.24. The molecule has 18 heavy (non-hydrogen) atoms. The minimum atomic E-state index is -3.67. The van der Waals surface area contributed by atoms with Gasteiger partial charge in [0.2, 0.25) is 0 Å². The van der Waals surface area contributed by atoms with Crippen LogP contribution >= 0.6 is 0 Å². The molecule has 0 aromatic heterocycles. The van der Waals surface area contributed by atoms with E-state index in [2.05, 4.69) is 4.74 Å². The predicted octanol–water partition coefficient (Wildman–Crippen LogP) is 0.479. The Labute approximate surface area is 104 Å². The number of ether oxygens (including phenoxy) is 1.